The summed E-state index contributed by atoms with van der Waals surface area (Å²) in [4.78, 5) is 19.9. The predicted molar refractivity (Wildman–Crippen MR) is 116 cm³/mol. The number of anilines is 1. The van der Waals surface area contributed by atoms with Crippen molar-refractivity contribution in [2.45, 2.75) is 35.0 Å². The van der Waals surface area contributed by atoms with Gasteiger partial charge in [-0.05, 0) is 63.3 Å². The van der Waals surface area contributed by atoms with E-state index in [0.29, 0.717) is 15.7 Å². The van der Waals surface area contributed by atoms with E-state index in [2.05, 4.69) is 27.3 Å². The van der Waals surface area contributed by atoms with Crippen molar-refractivity contribution < 1.29 is 18.0 Å². The second-order valence-electron chi connectivity index (χ2n) is 7.63. The van der Waals surface area contributed by atoms with Gasteiger partial charge in [0.25, 0.3) is 5.91 Å². The highest BCUT2D eigenvalue weighted by Gasteiger charge is 2.30. The third kappa shape index (κ3) is 5.13. The number of amides is 1. The van der Waals surface area contributed by atoms with Crippen LogP contribution in [0.25, 0.3) is 0 Å². The van der Waals surface area contributed by atoms with Crippen molar-refractivity contribution in [1.82, 2.24) is 19.7 Å². The molecule has 4 rings (SSSR count). The van der Waals surface area contributed by atoms with Gasteiger partial charge in [0.05, 0.1) is 23.4 Å². The molecular formula is C22H22F3N5OS. The van der Waals surface area contributed by atoms with Gasteiger partial charge in [-0.3, -0.25) is 4.79 Å². The van der Waals surface area contributed by atoms with E-state index in [-0.39, 0.29) is 17.5 Å². The van der Waals surface area contributed by atoms with E-state index >= 15 is 0 Å². The number of hydrogen-bond acceptors (Lipinski definition) is 5. The number of rotatable bonds is 5. The van der Waals surface area contributed by atoms with Crippen LogP contribution in [0, 0.1) is 0 Å². The molecule has 0 spiro atoms. The molecule has 32 heavy (non-hydrogen) atoms. The van der Waals surface area contributed by atoms with Gasteiger partial charge in [-0.2, -0.15) is 18.3 Å². The van der Waals surface area contributed by atoms with Crippen molar-refractivity contribution in [3.05, 3.63) is 66.0 Å². The maximum atomic E-state index is 13.0. The molecule has 0 radical (unpaired) electrons. The standard InChI is InChI=1S/C22H22F3N5OS/c1-29-12-8-16(9-13-29)30-19(7-11-27-30)28-20(31)18-6-3-10-26-21(18)32-17-5-2-4-15(14-17)22(23,24)25/h2-7,10-11,14,16H,8-9,12-13H2,1H3,(H,28,31). The number of aromatic nitrogens is 3. The minimum Gasteiger partial charge on any atom is -0.307 e. The van der Waals surface area contributed by atoms with E-state index in [9.17, 15) is 18.0 Å². The maximum Gasteiger partial charge on any atom is 0.416 e. The summed E-state index contributed by atoms with van der Waals surface area (Å²) in [6.45, 7) is 1.91. The van der Waals surface area contributed by atoms with E-state index in [1.165, 1.54) is 12.3 Å². The molecule has 2 aromatic heterocycles. The lowest BCUT2D eigenvalue weighted by Gasteiger charge is -2.30. The second-order valence-corrected chi connectivity index (χ2v) is 8.70. The molecule has 3 heterocycles. The van der Waals surface area contributed by atoms with Gasteiger partial charge < -0.3 is 10.2 Å². The first-order valence-electron chi connectivity index (χ1n) is 10.1. The van der Waals surface area contributed by atoms with Crippen molar-refractivity contribution in [3.63, 3.8) is 0 Å². The summed E-state index contributed by atoms with van der Waals surface area (Å²) in [5, 5.41) is 7.61. The van der Waals surface area contributed by atoms with E-state index in [1.54, 1.807) is 30.5 Å². The summed E-state index contributed by atoms with van der Waals surface area (Å²) in [5.41, 5.74) is -0.461. The molecule has 1 saturated heterocycles. The fourth-order valence-corrected chi connectivity index (χ4v) is 4.56. The Bertz CT molecular complexity index is 1090. The molecule has 0 atom stereocenters. The molecule has 1 aromatic carbocycles. The maximum absolute atomic E-state index is 13.0. The molecule has 0 saturated carbocycles. The number of pyridine rings is 1. The zero-order valence-corrected chi connectivity index (χ0v) is 18.2. The Hall–Kier alpha value is -2.85. The molecule has 0 aliphatic carbocycles. The Morgan fingerprint density at radius 3 is 2.66 bits per heavy atom. The summed E-state index contributed by atoms with van der Waals surface area (Å²) in [7, 11) is 2.08. The van der Waals surface area contributed by atoms with Crippen LogP contribution in [0.3, 0.4) is 0 Å². The van der Waals surface area contributed by atoms with Gasteiger partial charge in [-0.25, -0.2) is 9.67 Å². The van der Waals surface area contributed by atoms with Crippen LogP contribution in [0.1, 0.15) is 34.8 Å². The minimum absolute atomic E-state index is 0.198. The van der Waals surface area contributed by atoms with Crippen molar-refractivity contribution in [1.29, 1.82) is 0 Å². The lowest BCUT2D eigenvalue weighted by atomic mass is 10.1. The highest BCUT2D eigenvalue weighted by Crippen LogP contribution is 2.35. The first kappa shape index (κ1) is 22.3. The Kier molecular flexibility index (Phi) is 6.52. The number of benzene rings is 1. The van der Waals surface area contributed by atoms with Crippen molar-refractivity contribution in [2.75, 3.05) is 25.5 Å². The summed E-state index contributed by atoms with van der Waals surface area (Å²) < 4.78 is 41.0. The molecular weight excluding hydrogens is 439 g/mol. The average Bonchev–Trinajstić information content (AvgIpc) is 3.22. The smallest absolute Gasteiger partial charge is 0.307 e. The number of carbonyl (C=O) groups excluding carboxylic acids is 1. The van der Waals surface area contributed by atoms with Gasteiger partial charge >= 0.3 is 6.18 Å². The Morgan fingerprint density at radius 2 is 1.91 bits per heavy atom. The van der Waals surface area contributed by atoms with Crippen LogP contribution in [0.4, 0.5) is 19.0 Å². The van der Waals surface area contributed by atoms with Crippen LogP contribution in [0.5, 0.6) is 0 Å². The third-order valence-corrected chi connectivity index (χ3v) is 6.35. The van der Waals surface area contributed by atoms with Crippen molar-refractivity contribution in [3.8, 4) is 0 Å². The highest BCUT2D eigenvalue weighted by molar-refractivity contribution is 7.99. The second kappa shape index (κ2) is 9.33. The molecule has 3 aromatic rings. The van der Waals surface area contributed by atoms with Gasteiger partial charge in [0.2, 0.25) is 0 Å². The van der Waals surface area contributed by atoms with Gasteiger partial charge in [0.1, 0.15) is 10.8 Å². The number of halogens is 3. The molecule has 168 valence electrons. The summed E-state index contributed by atoms with van der Waals surface area (Å²) >= 11 is 1.02. The van der Waals surface area contributed by atoms with Crippen LogP contribution < -0.4 is 5.32 Å². The monoisotopic (exact) mass is 461 g/mol. The SMILES string of the molecule is CN1CCC(n2nccc2NC(=O)c2cccnc2Sc2cccc(C(F)(F)F)c2)CC1. The number of carbonyl (C=O) groups is 1. The van der Waals surface area contributed by atoms with Crippen LogP contribution in [-0.2, 0) is 6.18 Å². The Labute approximate surface area is 187 Å². The number of hydrogen-bond donors (Lipinski definition) is 1. The zero-order chi connectivity index (χ0) is 22.7. The molecule has 1 aliphatic rings. The van der Waals surface area contributed by atoms with Crippen LogP contribution in [0.2, 0.25) is 0 Å². The quantitative estimate of drug-likeness (QED) is 0.582. The number of piperidine rings is 1. The molecule has 1 fully saturated rings. The average molecular weight is 462 g/mol. The normalized spacial score (nSPS) is 15.6. The molecule has 0 unspecified atom stereocenters. The Morgan fingerprint density at radius 1 is 1.12 bits per heavy atom. The number of alkyl halides is 3. The predicted octanol–water partition coefficient (Wildman–Crippen LogP) is 4.97. The third-order valence-electron chi connectivity index (χ3n) is 5.34. The zero-order valence-electron chi connectivity index (χ0n) is 17.3. The van der Waals surface area contributed by atoms with E-state index in [1.807, 2.05) is 4.68 Å². The van der Waals surface area contributed by atoms with E-state index < -0.39 is 11.7 Å². The van der Waals surface area contributed by atoms with E-state index in [4.69, 9.17) is 0 Å². The minimum atomic E-state index is -4.44. The summed E-state index contributed by atoms with van der Waals surface area (Å²) in [6, 6.07) is 10.1. The van der Waals surface area contributed by atoms with Gasteiger partial charge in [0.15, 0.2) is 0 Å². The molecule has 1 N–H and O–H groups in total. The lowest BCUT2D eigenvalue weighted by molar-refractivity contribution is -0.137. The molecule has 0 bridgehead atoms. The number of nitrogens with zero attached hydrogens (tertiary/aromatic N) is 4. The summed E-state index contributed by atoms with van der Waals surface area (Å²) in [6.07, 6.45) is 0.591. The summed E-state index contributed by atoms with van der Waals surface area (Å²) in [5.74, 6) is 0.200. The van der Waals surface area contributed by atoms with Gasteiger partial charge in [-0.1, -0.05) is 17.8 Å². The number of likely N-dealkylation sites (tertiary alicyclic amines) is 1. The van der Waals surface area contributed by atoms with Crippen LogP contribution >= 0.6 is 11.8 Å². The Balaban J connectivity index is 1.53. The lowest BCUT2D eigenvalue weighted by Crippen LogP contribution is -2.32. The van der Waals surface area contributed by atoms with Crippen molar-refractivity contribution in [2.24, 2.45) is 0 Å². The topological polar surface area (TPSA) is 63.1 Å². The van der Waals surface area contributed by atoms with Gasteiger partial charge in [-0.15, -0.1) is 0 Å². The number of nitrogens with one attached hydrogen (secondary N) is 1. The largest absolute Gasteiger partial charge is 0.416 e. The van der Waals surface area contributed by atoms with Crippen molar-refractivity contribution >= 4 is 23.5 Å². The molecule has 1 amide bonds. The van der Waals surface area contributed by atoms with E-state index in [0.717, 1.165) is 49.8 Å². The molecule has 10 heteroatoms. The molecule has 1 aliphatic heterocycles. The fourth-order valence-electron chi connectivity index (χ4n) is 3.62. The first-order valence-corrected chi connectivity index (χ1v) is 11.0. The highest BCUT2D eigenvalue weighted by atomic mass is 32.2. The molecule has 6 nitrogen and oxygen atoms in total. The van der Waals surface area contributed by atoms with Crippen LogP contribution in [-0.4, -0.2) is 45.7 Å². The van der Waals surface area contributed by atoms with Crippen LogP contribution in [0.15, 0.2) is 64.8 Å². The first-order chi connectivity index (χ1) is 15.3. The fraction of sp³-hybridized carbons (Fsp3) is 0.318. The van der Waals surface area contributed by atoms with Gasteiger partial charge in [0, 0.05) is 17.2 Å².